The smallest absolute Gasteiger partial charge is 0.407 e. The highest BCUT2D eigenvalue weighted by atomic mass is 19.1. The van der Waals surface area contributed by atoms with Crippen LogP contribution in [0.3, 0.4) is 0 Å². The fourth-order valence-corrected chi connectivity index (χ4v) is 9.83. The quantitative estimate of drug-likeness (QED) is 0.195. The molecule has 2 aromatic carbocycles. The third-order valence-electron chi connectivity index (χ3n) is 13.3. The number of anilines is 2. The molecular formula is C50H68FN7O10. The predicted octanol–water partition coefficient (Wildman–Crippen LogP) is 5.62. The zero-order valence-corrected chi connectivity index (χ0v) is 40.8. The number of amides is 6. The second-order valence-electron chi connectivity index (χ2n) is 19.9. The Hall–Kier alpha value is -6.01. The molecule has 17 nitrogen and oxygen atoms in total. The number of carbonyl (C=O) groups is 6. The molecule has 18 heteroatoms. The molecule has 370 valence electrons. The molecule has 1 aliphatic carbocycles. The first kappa shape index (κ1) is 51.4. The number of carbonyl (C=O) groups excluding carboxylic acids is 6. The Morgan fingerprint density at radius 3 is 1.63 bits per heavy atom. The van der Waals surface area contributed by atoms with Crippen LogP contribution in [0.5, 0.6) is 0 Å². The minimum absolute atomic E-state index is 0.285. The van der Waals surface area contributed by atoms with E-state index in [2.05, 4.69) is 26.2 Å². The van der Waals surface area contributed by atoms with Crippen LogP contribution in [-0.4, -0.2) is 136 Å². The van der Waals surface area contributed by atoms with Crippen molar-refractivity contribution in [2.45, 2.75) is 128 Å². The molecule has 1 unspecified atom stereocenters. The molecule has 4 aliphatic rings. The summed E-state index contributed by atoms with van der Waals surface area (Å²) in [6, 6.07) is 9.09. The number of rotatable bonds is 13. The predicted molar refractivity (Wildman–Crippen MR) is 253 cm³/mol. The number of nitrogens with zero attached hydrogens (tertiary/aromatic N) is 3. The Morgan fingerprint density at radius 1 is 0.676 bits per heavy atom. The molecule has 6 amide bonds. The first-order valence-electron chi connectivity index (χ1n) is 23.2. The fraction of sp³-hybridized carbons (Fsp3) is 0.560. The number of hydrogen-bond donors (Lipinski definition) is 4. The van der Waals surface area contributed by atoms with Crippen molar-refractivity contribution in [3.8, 4) is 0 Å². The molecule has 0 saturated carbocycles. The van der Waals surface area contributed by atoms with Gasteiger partial charge in [-0.1, -0.05) is 71.9 Å². The van der Waals surface area contributed by atoms with Gasteiger partial charge in [0.1, 0.15) is 42.2 Å². The number of alkyl carbamates (subject to hydrolysis) is 2. The van der Waals surface area contributed by atoms with Crippen molar-refractivity contribution < 1.29 is 52.1 Å². The Kier molecular flexibility index (Phi) is 16.3. The van der Waals surface area contributed by atoms with Crippen molar-refractivity contribution in [2.75, 3.05) is 51.7 Å². The summed E-state index contributed by atoms with van der Waals surface area (Å²) in [5.74, 6) is -1.73. The molecule has 0 bridgehead atoms. The van der Waals surface area contributed by atoms with E-state index in [1.54, 1.807) is 43.4 Å². The van der Waals surface area contributed by atoms with Gasteiger partial charge in [0, 0.05) is 38.7 Å². The molecule has 3 saturated heterocycles. The lowest BCUT2D eigenvalue weighted by Crippen LogP contribution is -2.58. The lowest BCUT2D eigenvalue weighted by Gasteiger charge is -2.36. The average molecular weight is 946 g/mol. The molecule has 6 rings (SSSR count). The molecule has 68 heavy (non-hydrogen) atoms. The van der Waals surface area contributed by atoms with Gasteiger partial charge >= 0.3 is 12.2 Å². The van der Waals surface area contributed by atoms with Crippen LogP contribution in [0.4, 0.5) is 25.4 Å². The van der Waals surface area contributed by atoms with Crippen LogP contribution in [0.2, 0.25) is 0 Å². The molecular weight excluding hydrogens is 878 g/mol. The van der Waals surface area contributed by atoms with E-state index in [-0.39, 0.29) is 29.7 Å². The van der Waals surface area contributed by atoms with Crippen molar-refractivity contribution in [1.82, 2.24) is 25.8 Å². The molecule has 3 fully saturated rings. The zero-order chi connectivity index (χ0) is 49.7. The summed E-state index contributed by atoms with van der Waals surface area (Å²) in [5.41, 5.74) is 1.67. The molecule has 2 aromatic rings. The van der Waals surface area contributed by atoms with E-state index in [4.69, 9.17) is 18.9 Å². The van der Waals surface area contributed by atoms with E-state index in [0.717, 1.165) is 11.1 Å². The number of hydrogen-bond acceptors (Lipinski definition) is 11. The Labute approximate surface area is 398 Å². The molecule has 4 N–H and O–H groups in total. The SMILES string of the molecule is COC(=O)N[C@H](C(=O)N1CCC[C@H]1C(=O)Nc1ccc([C@H]2[C@@H](OC)[C@H](OC)[C@H](C3=CCC(NC(=O)[C@@H]4CCCN4C(=O)[C@@H](NC(=O)OC)C(C)(C)C)C=C3)N2c2ccc(F)cc2)cc1)C(C)(C)C. The second kappa shape index (κ2) is 21.5. The summed E-state index contributed by atoms with van der Waals surface area (Å²) in [7, 11) is 5.71. The number of halogens is 1. The molecule has 0 spiro atoms. The van der Waals surface area contributed by atoms with Crippen LogP contribution >= 0.6 is 0 Å². The topological polar surface area (TPSA) is 197 Å². The largest absolute Gasteiger partial charge is 0.453 e. The van der Waals surface area contributed by atoms with Gasteiger partial charge < -0.3 is 54.9 Å². The van der Waals surface area contributed by atoms with E-state index in [9.17, 15) is 33.2 Å². The van der Waals surface area contributed by atoms with Crippen molar-refractivity contribution >= 4 is 47.2 Å². The molecule has 3 heterocycles. The van der Waals surface area contributed by atoms with E-state index in [1.165, 1.54) is 31.3 Å². The maximum Gasteiger partial charge on any atom is 0.407 e. The van der Waals surface area contributed by atoms with Crippen LogP contribution in [-0.2, 0) is 38.1 Å². The van der Waals surface area contributed by atoms with Gasteiger partial charge in [-0.15, -0.1) is 0 Å². The lowest BCUT2D eigenvalue weighted by atomic mass is 9.85. The minimum atomic E-state index is -0.910. The second-order valence-corrected chi connectivity index (χ2v) is 19.9. The van der Waals surface area contributed by atoms with Gasteiger partial charge in [-0.3, -0.25) is 19.2 Å². The highest BCUT2D eigenvalue weighted by Crippen LogP contribution is 2.46. The average Bonchev–Trinajstić information content (AvgIpc) is 4.08. The third kappa shape index (κ3) is 11.3. The normalized spacial score (nSPS) is 24.7. The van der Waals surface area contributed by atoms with Gasteiger partial charge in [-0.25, -0.2) is 14.0 Å². The number of likely N-dealkylation sites (tertiary alicyclic amines) is 2. The van der Waals surface area contributed by atoms with Crippen LogP contribution in [0.15, 0.2) is 72.3 Å². The monoisotopic (exact) mass is 946 g/mol. The Bertz CT molecular complexity index is 2220. The highest BCUT2D eigenvalue weighted by Gasteiger charge is 2.52. The summed E-state index contributed by atoms with van der Waals surface area (Å²) >= 11 is 0. The highest BCUT2D eigenvalue weighted by molar-refractivity contribution is 5.99. The maximum absolute atomic E-state index is 14.5. The number of benzene rings is 2. The number of nitrogens with one attached hydrogen (secondary N) is 4. The van der Waals surface area contributed by atoms with Gasteiger partial charge in [-0.05, 0) is 90.5 Å². The summed E-state index contributed by atoms with van der Waals surface area (Å²) in [6.45, 7) is 11.8. The van der Waals surface area contributed by atoms with Crippen LogP contribution in [0.25, 0.3) is 0 Å². The maximum atomic E-state index is 14.5. The molecule has 3 aliphatic heterocycles. The van der Waals surface area contributed by atoms with Gasteiger partial charge in [0.25, 0.3) is 0 Å². The Balaban J connectivity index is 1.20. The lowest BCUT2D eigenvalue weighted by molar-refractivity contribution is -0.142. The van der Waals surface area contributed by atoms with Crippen molar-refractivity contribution in [3.63, 3.8) is 0 Å². The summed E-state index contributed by atoms with van der Waals surface area (Å²) in [4.78, 5) is 84.9. The number of methoxy groups -OCH3 is 4. The summed E-state index contributed by atoms with van der Waals surface area (Å²) in [5, 5.41) is 11.4. The first-order chi connectivity index (χ1) is 32.2. The summed E-state index contributed by atoms with van der Waals surface area (Å²) < 4.78 is 36.5. The standard InChI is InChI=1S/C50H68FN7O10/c1-49(2,3)41(54-47(63)67-9)45(61)56-27-11-13-35(56)43(59)52-32-21-15-29(16-22-32)37-39(65-7)40(66-8)38(58(37)34-25-19-31(51)20-26-34)30-17-23-33(24-18-30)53-44(60)36-14-12-28-57(36)46(62)42(50(4,5)6)55-48(64)68-10/h15-23,25-26,33,35-42H,11-14,24,27-28H2,1-10H3,(H,52,59)(H,53,60)(H,54,63)(H,55,64)/t33?,35-,36-,37-,38-,39+,40+,41+,42+/m0/s1. The summed E-state index contributed by atoms with van der Waals surface area (Å²) in [6.07, 6.45) is 6.08. The molecule has 0 aromatic heterocycles. The van der Waals surface area contributed by atoms with E-state index in [0.29, 0.717) is 56.6 Å². The van der Waals surface area contributed by atoms with Crippen LogP contribution < -0.4 is 26.2 Å². The van der Waals surface area contributed by atoms with Gasteiger partial charge in [-0.2, -0.15) is 0 Å². The Morgan fingerprint density at radius 2 is 1.18 bits per heavy atom. The third-order valence-corrected chi connectivity index (χ3v) is 13.3. The van der Waals surface area contributed by atoms with E-state index >= 15 is 0 Å². The molecule has 9 atom stereocenters. The number of ether oxygens (including phenoxy) is 4. The van der Waals surface area contributed by atoms with E-state index < -0.39 is 77.3 Å². The molecule has 0 radical (unpaired) electrons. The first-order valence-corrected chi connectivity index (χ1v) is 23.2. The van der Waals surface area contributed by atoms with Gasteiger partial charge in [0.15, 0.2) is 0 Å². The van der Waals surface area contributed by atoms with Crippen molar-refractivity contribution in [3.05, 3.63) is 83.7 Å². The van der Waals surface area contributed by atoms with Gasteiger partial charge in [0.2, 0.25) is 23.6 Å². The van der Waals surface area contributed by atoms with Crippen LogP contribution in [0.1, 0.15) is 85.3 Å². The van der Waals surface area contributed by atoms with Crippen molar-refractivity contribution in [2.24, 2.45) is 10.8 Å². The zero-order valence-electron chi connectivity index (χ0n) is 40.8. The van der Waals surface area contributed by atoms with Crippen LogP contribution in [0, 0.1) is 16.6 Å². The van der Waals surface area contributed by atoms with E-state index in [1.807, 2.05) is 71.9 Å². The fourth-order valence-electron chi connectivity index (χ4n) is 9.83. The van der Waals surface area contributed by atoms with Gasteiger partial charge in [0.05, 0.1) is 32.3 Å². The minimum Gasteiger partial charge on any atom is -0.453 e. The van der Waals surface area contributed by atoms with Crippen molar-refractivity contribution in [1.29, 1.82) is 0 Å².